The number of hydrogen-bond acceptors (Lipinski definition) is 6. The van der Waals surface area contributed by atoms with Gasteiger partial charge in [-0.05, 0) is 50.8 Å². The SMILES string of the molecule is FC1=C(c2nc3occn3c2-c2ccnc(N[C@@H]3CN4CCC3CC4)n2)CCC(F)C1. The summed E-state index contributed by atoms with van der Waals surface area (Å²) in [6, 6.07) is 2.12. The quantitative estimate of drug-likeness (QED) is 0.678. The van der Waals surface area contributed by atoms with Crippen molar-refractivity contribution in [1.29, 1.82) is 0 Å². The van der Waals surface area contributed by atoms with E-state index in [4.69, 9.17) is 9.40 Å². The van der Waals surface area contributed by atoms with Gasteiger partial charge in [-0.25, -0.2) is 18.7 Å². The van der Waals surface area contributed by atoms with Crippen molar-refractivity contribution in [2.45, 2.75) is 44.3 Å². The average molecular weight is 426 g/mol. The number of halogens is 2. The lowest BCUT2D eigenvalue weighted by atomic mass is 9.84. The highest BCUT2D eigenvalue weighted by Crippen LogP contribution is 2.39. The molecule has 7 nitrogen and oxygen atoms in total. The Bertz CT molecular complexity index is 1150. The number of piperidine rings is 3. The fraction of sp³-hybridized carbons (Fsp3) is 0.500. The fourth-order valence-corrected chi connectivity index (χ4v) is 5.20. The molecule has 0 amide bonds. The second-order valence-electron chi connectivity index (χ2n) is 8.74. The molecule has 1 N–H and O–H groups in total. The largest absolute Gasteiger partial charge is 0.432 e. The Balaban J connectivity index is 1.38. The molecule has 1 aliphatic carbocycles. The number of rotatable bonds is 4. The predicted molar refractivity (Wildman–Crippen MR) is 112 cm³/mol. The molecule has 0 aromatic carbocycles. The smallest absolute Gasteiger partial charge is 0.306 e. The summed E-state index contributed by atoms with van der Waals surface area (Å²) in [4.78, 5) is 16.2. The standard InChI is InChI=1S/C22H24F2N6O/c23-14-1-2-15(16(24)11-14)19-20(30-9-10-31-22(30)28-19)17-3-6-25-21(26-17)27-18-12-29-7-4-13(18)5-8-29/h3,6,9-10,13-14,18H,1-2,4-5,7-8,11-12H2,(H,25,26,27)/t14?,18-/m1/s1. The molecule has 2 atom stereocenters. The van der Waals surface area contributed by atoms with Gasteiger partial charge in [0.1, 0.15) is 29.6 Å². The number of aromatic nitrogens is 4. The van der Waals surface area contributed by atoms with Gasteiger partial charge in [0.2, 0.25) is 5.95 Å². The van der Waals surface area contributed by atoms with Gasteiger partial charge in [-0.2, -0.15) is 4.98 Å². The second kappa shape index (κ2) is 7.40. The van der Waals surface area contributed by atoms with E-state index in [1.54, 1.807) is 22.9 Å². The Morgan fingerprint density at radius 1 is 1.16 bits per heavy atom. The Kier molecular flexibility index (Phi) is 4.52. The van der Waals surface area contributed by atoms with E-state index in [2.05, 4.69) is 20.2 Å². The number of fused-ring (bicyclic) bond motifs is 4. The van der Waals surface area contributed by atoms with Gasteiger partial charge in [0, 0.05) is 37.0 Å². The Labute approximate surface area is 178 Å². The number of hydrogen-bond donors (Lipinski definition) is 1. The van der Waals surface area contributed by atoms with Gasteiger partial charge in [-0.15, -0.1) is 0 Å². The zero-order chi connectivity index (χ0) is 20.9. The number of imidazole rings is 1. The van der Waals surface area contributed by atoms with Crippen molar-refractivity contribution in [2.75, 3.05) is 25.0 Å². The van der Waals surface area contributed by atoms with Crippen LogP contribution >= 0.6 is 0 Å². The van der Waals surface area contributed by atoms with E-state index in [0.717, 1.165) is 6.54 Å². The zero-order valence-electron chi connectivity index (χ0n) is 17.1. The van der Waals surface area contributed by atoms with Crippen LogP contribution in [0, 0.1) is 5.92 Å². The first-order valence-electron chi connectivity index (χ1n) is 11.0. The summed E-state index contributed by atoms with van der Waals surface area (Å²) in [7, 11) is 0. The van der Waals surface area contributed by atoms with E-state index in [-0.39, 0.29) is 12.8 Å². The molecule has 3 aromatic heterocycles. The highest BCUT2D eigenvalue weighted by atomic mass is 19.1. The topological polar surface area (TPSA) is 71.5 Å². The zero-order valence-corrected chi connectivity index (χ0v) is 17.1. The van der Waals surface area contributed by atoms with Crippen LogP contribution in [0.2, 0.25) is 0 Å². The van der Waals surface area contributed by atoms with Crippen LogP contribution in [0.1, 0.15) is 37.8 Å². The number of oxazole rings is 1. The lowest BCUT2D eigenvalue weighted by Crippen LogP contribution is -2.53. The number of anilines is 1. The van der Waals surface area contributed by atoms with Crippen molar-refractivity contribution in [3.8, 4) is 11.4 Å². The van der Waals surface area contributed by atoms with E-state index >= 15 is 0 Å². The first-order valence-corrected chi connectivity index (χ1v) is 11.0. The number of allylic oxidation sites excluding steroid dienone is 2. The van der Waals surface area contributed by atoms with E-state index in [0.29, 0.717) is 52.8 Å². The molecule has 9 heteroatoms. The van der Waals surface area contributed by atoms with Crippen LogP contribution in [0.15, 0.2) is 35.0 Å². The number of alkyl halides is 1. The summed E-state index contributed by atoms with van der Waals surface area (Å²) in [5.41, 5.74) is 2.18. The molecule has 0 spiro atoms. The Morgan fingerprint density at radius 2 is 2.03 bits per heavy atom. The monoisotopic (exact) mass is 426 g/mol. The summed E-state index contributed by atoms with van der Waals surface area (Å²) in [6.07, 6.45) is 6.62. The van der Waals surface area contributed by atoms with Crippen LogP contribution in [0.4, 0.5) is 14.7 Å². The fourth-order valence-electron chi connectivity index (χ4n) is 5.20. The van der Waals surface area contributed by atoms with Crippen molar-refractivity contribution in [1.82, 2.24) is 24.3 Å². The van der Waals surface area contributed by atoms with Crippen molar-refractivity contribution in [2.24, 2.45) is 5.92 Å². The van der Waals surface area contributed by atoms with Crippen LogP contribution in [0.3, 0.4) is 0 Å². The predicted octanol–water partition coefficient (Wildman–Crippen LogP) is 4.09. The third-order valence-electron chi connectivity index (χ3n) is 6.85. The van der Waals surface area contributed by atoms with Gasteiger partial charge < -0.3 is 14.6 Å². The molecule has 2 bridgehead atoms. The lowest BCUT2D eigenvalue weighted by Gasteiger charge is -2.44. The minimum absolute atomic E-state index is 0.205. The van der Waals surface area contributed by atoms with Crippen molar-refractivity contribution in [3.05, 3.63) is 36.2 Å². The second-order valence-corrected chi connectivity index (χ2v) is 8.74. The van der Waals surface area contributed by atoms with E-state index in [1.807, 2.05) is 0 Å². The van der Waals surface area contributed by atoms with Crippen LogP contribution in [-0.4, -0.2) is 56.1 Å². The van der Waals surface area contributed by atoms with Crippen LogP contribution in [-0.2, 0) is 0 Å². The third kappa shape index (κ3) is 3.31. The van der Waals surface area contributed by atoms with Crippen molar-refractivity contribution < 1.29 is 13.2 Å². The Morgan fingerprint density at radius 3 is 2.81 bits per heavy atom. The minimum atomic E-state index is -1.14. The molecular weight excluding hydrogens is 402 g/mol. The van der Waals surface area contributed by atoms with Gasteiger partial charge in [0.15, 0.2) is 0 Å². The molecule has 4 aliphatic rings. The van der Waals surface area contributed by atoms with Gasteiger partial charge in [-0.3, -0.25) is 4.40 Å². The van der Waals surface area contributed by atoms with Crippen molar-refractivity contribution >= 4 is 17.4 Å². The molecule has 1 unspecified atom stereocenters. The molecule has 3 saturated heterocycles. The van der Waals surface area contributed by atoms with Gasteiger partial charge in [0.25, 0.3) is 0 Å². The maximum Gasteiger partial charge on any atom is 0.306 e. The number of nitrogens with zero attached hydrogens (tertiary/aromatic N) is 5. The molecule has 0 radical (unpaired) electrons. The third-order valence-corrected chi connectivity index (χ3v) is 6.85. The molecule has 3 aromatic rings. The van der Waals surface area contributed by atoms with E-state index in [9.17, 15) is 8.78 Å². The summed E-state index contributed by atoms with van der Waals surface area (Å²) < 4.78 is 35.6. The van der Waals surface area contributed by atoms with Gasteiger partial charge in [0.05, 0.1) is 5.69 Å². The Hall–Kier alpha value is -2.81. The molecular formula is C22H24F2N6O. The summed E-state index contributed by atoms with van der Waals surface area (Å²) in [5, 5.41) is 3.52. The van der Waals surface area contributed by atoms with Crippen molar-refractivity contribution in [3.63, 3.8) is 0 Å². The highest BCUT2D eigenvalue weighted by Gasteiger charge is 2.34. The summed E-state index contributed by atoms with van der Waals surface area (Å²) in [5.74, 6) is 1.11. The maximum absolute atomic E-state index is 14.7. The average Bonchev–Trinajstić information content (AvgIpc) is 3.36. The minimum Gasteiger partial charge on any atom is -0.432 e. The molecule has 3 aliphatic heterocycles. The van der Waals surface area contributed by atoms with Crippen LogP contribution in [0.5, 0.6) is 0 Å². The van der Waals surface area contributed by atoms with Gasteiger partial charge in [-0.1, -0.05) is 0 Å². The maximum atomic E-state index is 14.7. The molecule has 31 heavy (non-hydrogen) atoms. The summed E-state index contributed by atoms with van der Waals surface area (Å²) in [6.45, 7) is 3.34. The first kappa shape index (κ1) is 18.9. The van der Waals surface area contributed by atoms with E-state index < -0.39 is 12.0 Å². The molecule has 0 saturated carbocycles. The molecule has 162 valence electrons. The molecule has 7 rings (SSSR count). The molecule has 3 fully saturated rings. The summed E-state index contributed by atoms with van der Waals surface area (Å²) >= 11 is 0. The number of nitrogens with one attached hydrogen (secondary N) is 1. The lowest BCUT2D eigenvalue weighted by molar-refractivity contribution is 0.0972. The normalized spacial score (nSPS) is 28.5. The first-order chi connectivity index (χ1) is 15.2. The van der Waals surface area contributed by atoms with Crippen LogP contribution < -0.4 is 5.32 Å². The van der Waals surface area contributed by atoms with Crippen LogP contribution in [0.25, 0.3) is 22.8 Å². The van der Waals surface area contributed by atoms with E-state index in [1.165, 1.54) is 32.2 Å². The van der Waals surface area contributed by atoms with Gasteiger partial charge >= 0.3 is 5.84 Å². The molecule has 6 heterocycles. The highest BCUT2D eigenvalue weighted by molar-refractivity contribution is 5.79.